The molecular formula is C31H42N2O4S. The number of rotatable bonds is 12. The third-order valence-corrected chi connectivity index (χ3v) is 7.14. The monoisotopic (exact) mass is 538 g/mol. The highest BCUT2D eigenvalue weighted by Gasteiger charge is 2.33. The lowest BCUT2D eigenvalue weighted by Gasteiger charge is -2.28. The number of ether oxygens (including phenoxy) is 2. The molecule has 38 heavy (non-hydrogen) atoms. The molecule has 0 N–H and O–H groups in total. The van der Waals surface area contributed by atoms with Gasteiger partial charge >= 0.3 is 5.97 Å². The highest BCUT2D eigenvalue weighted by atomic mass is 32.2. The van der Waals surface area contributed by atoms with E-state index in [1.165, 1.54) is 28.5 Å². The van der Waals surface area contributed by atoms with Gasteiger partial charge in [0.1, 0.15) is 16.1 Å². The maximum atomic E-state index is 12.6. The summed E-state index contributed by atoms with van der Waals surface area (Å²) < 4.78 is 16.3. The first-order valence-corrected chi connectivity index (χ1v) is 13.9. The number of aryl methyl sites for hydroxylation is 2. The zero-order valence-corrected chi connectivity index (χ0v) is 24.9. The Hall–Kier alpha value is -2.61. The molecule has 6 nitrogen and oxygen atoms in total. The molecule has 1 aromatic heterocycles. The second-order valence-corrected chi connectivity index (χ2v) is 12.9. The van der Waals surface area contributed by atoms with Gasteiger partial charge in [0.2, 0.25) is 0 Å². The predicted octanol–water partition coefficient (Wildman–Crippen LogP) is 6.74. The smallest absolute Gasteiger partial charge is 0.322 e. The van der Waals surface area contributed by atoms with Crippen LogP contribution in [-0.4, -0.2) is 46.5 Å². The fourth-order valence-corrected chi connectivity index (χ4v) is 5.00. The molecule has 0 atom stereocenters. The minimum Gasteiger partial charge on any atom is -0.459 e. The molecule has 206 valence electrons. The number of carbonyl (C=O) groups is 1. The number of aromatic nitrogens is 1. The van der Waals surface area contributed by atoms with Crippen molar-refractivity contribution in [2.24, 2.45) is 0 Å². The number of thioether (sulfide) groups is 1. The van der Waals surface area contributed by atoms with Gasteiger partial charge in [0, 0.05) is 38.1 Å². The molecular weight excluding hydrogens is 496 g/mol. The third-order valence-electron chi connectivity index (χ3n) is 5.95. The summed E-state index contributed by atoms with van der Waals surface area (Å²) in [6.07, 6.45) is 0.680. The average Bonchev–Trinajstić information content (AvgIpc) is 3.15. The summed E-state index contributed by atoms with van der Waals surface area (Å²) in [5.74, 6) is 1.38. The molecule has 0 amide bonds. The molecule has 0 aliphatic carbocycles. The van der Waals surface area contributed by atoms with Crippen LogP contribution in [0, 0.1) is 13.8 Å². The molecule has 0 saturated carbocycles. The maximum Gasteiger partial charge on any atom is 0.322 e. The Labute approximate surface area is 232 Å². The number of esters is 1. The Bertz CT molecular complexity index is 1200. The van der Waals surface area contributed by atoms with Gasteiger partial charge in [0.05, 0.1) is 12.3 Å². The molecule has 3 rings (SSSR count). The molecule has 0 saturated heterocycles. The van der Waals surface area contributed by atoms with Gasteiger partial charge in [-0.25, -0.2) is 4.98 Å². The quantitative estimate of drug-likeness (QED) is 0.187. The van der Waals surface area contributed by atoms with Crippen molar-refractivity contribution in [3.8, 4) is 0 Å². The van der Waals surface area contributed by atoms with E-state index in [-0.39, 0.29) is 5.97 Å². The first-order valence-electron chi connectivity index (χ1n) is 13.1. The first kappa shape index (κ1) is 29.9. The van der Waals surface area contributed by atoms with Crippen LogP contribution in [0.1, 0.15) is 68.7 Å². The number of hydrogen-bond acceptors (Lipinski definition) is 7. The zero-order valence-electron chi connectivity index (χ0n) is 24.1. The van der Waals surface area contributed by atoms with E-state index < -0.39 is 10.3 Å². The summed E-state index contributed by atoms with van der Waals surface area (Å²) >= 11 is 1.51. The standard InChI is InChI=1S/C31H42N2O4S/c1-22-10-9-11-25(18-22)19-28-32-27(23(2)36-28)21-33(16-17-35-8)20-24-12-14-26(15-13-24)38-31(6,7)29(34)37-30(3,4)5/h9-15,18H,16-17,19-21H2,1-8H3. The van der Waals surface area contributed by atoms with Crippen molar-refractivity contribution in [1.29, 1.82) is 0 Å². The van der Waals surface area contributed by atoms with Crippen LogP contribution in [0.4, 0.5) is 0 Å². The van der Waals surface area contributed by atoms with E-state index in [0.29, 0.717) is 19.6 Å². The van der Waals surface area contributed by atoms with Crippen LogP contribution in [0.2, 0.25) is 0 Å². The van der Waals surface area contributed by atoms with Gasteiger partial charge in [-0.1, -0.05) is 42.0 Å². The first-order chi connectivity index (χ1) is 17.8. The molecule has 7 heteroatoms. The normalized spacial score (nSPS) is 12.2. The molecule has 0 radical (unpaired) electrons. The lowest BCUT2D eigenvalue weighted by Crippen LogP contribution is -2.36. The van der Waals surface area contributed by atoms with E-state index in [1.54, 1.807) is 7.11 Å². The minimum absolute atomic E-state index is 0.213. The predicted molar refractivity (Wildman–Crippen MR) is 153 cm³/mol. The van der Waals surface area contributed by atoms with Gasteiger partial charge in [0.25, 0.3) is 0 Å². The maximum absolute atomic E-state index is 12.6. The lowest BCUT2D eigenvalue weighted by atomic mass is 10.1. The Morgan fingerprint density at radius 3 is 2.34 bits per heavy atom. The Kier molecular flexibility index (Phi) is 10.2. The Balaban J connectivity index is 1.66. The second kappa shape index (κ2) is 13.0. The molecule has 0 bridgehead atoms. The highest BCUT2D eigenvalue weighted by Crippen LogP contribution is 2.34. The van der Waals surface area contributed by atoms with Crippen molar-refractivity contribution in [1.82, 2.24) is 9.88 Å². The molecule has 0 fully saturated rings. The van der Waals surface area contributed by atoms with E-state index in [0.717, 1.165) is 35.3 Å². The van der Waals surface area contributed by atoms with E-state index in [2.05, 4.69) is 60.4 Å². The summed E-state index contributed by atoms with van der Waals surface area (Å²) in [6.45, 7) is 16.4. The van der Waals surface area contributed by atoms with Gasteiger partial charge in [0.15, 0.2) is 5.89 Å². The van der Waals surface area contributed by atoms with Crippen molar-refractivity contribution in [2.75, 3.05) is 20.3 Å². The third kappa shape index (κ3) is 9.29. The number of hydrogen-bond donors (Lipinski definition) is 0. The van der Waals surface area contributed by atoms with Gasteiger partial charge in [-0.2, -0.15) is 0 Å². The van der Waals surface area contributed by atoms with Crippen LogP contribution in [-0.2, 0) is 33.8 Å². The lowest BCUT2D eigenvalue weighted by molar-refractivity contribution is -0.156. The Morgan fingerprint density at radius 1 is 1.00 bits per heavy atom. The van der Waals surface area contributed by atoms with E-state index in [4.69, 9.17) is 18.9 Å². The molecule has 0 spiro atoms. The zero-order chi connectivity index (χ0) is 27.9. The van der Waals surface area contributed by atoms with E-state index >= 15 is 0 Å². The van der Waals surface area contributed by atoms with Crippen molar-refractivity contribution < 1.29 is 18.7 Å². The summed E-state index contributed by atoms with van der Waals surface area (Å²) in [5.41, 5.74) is 4.06. The van der Waals surface area contributed by atoms with Crippen molar-refractivity contribution in [3.63, 3.8) is 0 Å². The summed E-state index contributed by atoms with van der Waals surface area (Å²) in [6, 6.07) is 16.8. The van der Waals surface area contributed by atoms with Crippen LogP contribution in [0.3, 0.4) is 0 Å². The van der Waals surface area contributed by atoms with Gasteiger partial charge in [-0.3, -0.25) is 9.69 Å². The molecule has 0 aliphatic rings. The number of oxazole rings is 1. The SMILES string of the molecule is COCCN(Cc1ccc(SC(C)(C)C(=O)OC(C)(C)C)cc1)Cc1nc(Cc2cccc(C)c2)oc1C. The number of nitrogens with zero attached hydrogens (tertiary/aromatic N) is 2. The second-order valence-electron chi connectivity index (χ2n) is 11.2. The van der Waals surface area contributed by atoms with Crippen LogP contribution in [0.15, 0.2) is 57.8 Å². The van der Waals surface area contributed by atoms with Crippen LogP contribution >= 0.6 is 11.8 Å². The molecule has 2 aromatic carbocycles. The Morgan fingerprint density at radius 2 is 1.71 bits per heavy atom. The highest BCUT2D eigenvalue weighted by molar-refractivity contribution is 8.01. The largest absolute Gasteiger partial charge is 0.459 e. The van der Waals surface area contributed by atoms with Crippen LogP contribution < -0.4 is 0 Å². The number of benzene rings is 2. The topological polar surface area (TPSA) is 64.8 Å². The molecule has 0 unspecified atom stereocenters. The molecule has 0 aliphatic heterocycles. The van der Waals surface area contributed by atoms with Crippen LogP contribution in [0.5, 0.6) is 0 Å². The van der Waals surface area contributed by atoms with Crippen molar-refractivity contribution in [3.05, 3.63) is 82.6 Å². The number of methoxy groups -OCH3 is 1. The summed E-state index contributed by atoms with van der Waals surface area (Å²) in [4.78, 5) is 20.8. The van der Waals surface area contributed by atoms with Gasteiger partial charge in [-0.05, 0) is 71.7 Å². The average molecular weight is 539 g/mol. The van der Waals surface area contributed by atoms with Gasteiger partial charge < -0.3 is 13.9 Å². The van der Waals surface area contributed by atoms with Crippen molar-refractivity contribution >= 4 is 17.7 Å². The fraction of sp³-hybridized carbons (Fsp3) is 0.484. The minimum atomic E-state index is -0.681. The van der Waals surface area contributed by atoms with Gasteiger partial charge in [-0.15, -0.1) is 11.8 Å². The van der Waals surface area contributed by atoms with E-state index in [1.807, 2.05) is 41.5 Å². The van der Waals surface area contributed by atoms with Crippen LogP contribution in [0.25, 0.3) is 0 Å². The number of carbonyl (C=O) groups excluding carboxylic acids is 1. The molecule has 3 aromatic rings. The van der Waals surface area contributed by atoms with Crippen molar-refractivity contribution in [2.45, 2.75) is 83.2 Å². The van der Waals surface area contributed by atoms with E-state index in [9.17, 15) is 4.79 Å². The summed E-state index contributed by atoms with van der Waals surface area (Å²) in [7, 11) is 1.72. The summed E-state index contributed by atoms with van der Waals surface area (Å²) in [5, 5.41) is 0. The fourth-order valence-electron chi connectivity index (χ4n) is 4.01. The molecule has 1 heterocycles.